The first kappa shape index (κ1) is 13.5. The second-order valence-corrected chi connectivity index (χ2v) is 4.71. The summed E-state index contributed by atoms with van der Waals surface area (Å²) in [5.41, 5.74) is 8.98. The smallest absolute Gasteiger partial charge is 0.360 e. The fourth-order valence-electron chi connectivity index (χ4n) is 1.87. The summed E-state index contributed by atoms with van der Waals surface area (Å²) < 4.78 is 6.53. The van der Waals surface area contributed by atoms with E-state index in [0.29, 0.717) is 18.8 Å². The molecule has 0 aliphatic heterocycles. The lowest BCUT2D eigenvalue weighted by molar-refractivity contribution is 0.0595. The van der Waals surface area contributed by atoms with Crippen molar-refractivity contribution in [2.45, 2.75) is 26.3 Å². The molecule has 102 valence electrons. The van der Waals surface area contributed by atoms with Gasteiger partial charge in [0, 0.05) is 24.8 Å². The van der Waals surface area contributed by atoms with Gasteiger partial charge in [-0.3, -0.25) is 0 Å². The number of anilines is 1. The minimum atomic E-state index is -0.500. The van der Waals surface area contributed by atoms with E-state index in [-0.39, 0.29) is 5.69 Å². The lowest BCUT2D eigenvalue weighted by atomic mass is 10.3. The summed E-state index contributed by atoms with van der Waals surface area (Å²) in [5.74, 6) is 0.645. The van der Waals surface area contributed by atoms with Gasteiger partial charge < -0.3 is 15.0 Å². The molecule has 0 aliphatic rings. The number of methoxy groups -OCH3 is 1. The van der Waals surface area contributed by atoms with Gasteiger partial charge in [-0.2, -0.15) is 0 Å². The lowest BCUT2D eigenvalue weighted by Gasteiger charge is -2.07. The number of aromatic nitrogens is 3. The van der Waals surface area contributed by atoms with Crippen LogP contribution in [0.15, 0.2) is 10.9 Å². The normalized spacial score (nSPS) is 10.6. The van der Waals surface area contributed by atoms with Crippen molar-refractivity contribution in [1.82, 2.24) is 14.5 Å². The van der Waals surface area contributed by atoms with E-state index in [4.69, 9.17) is 5.73 Å². The predicted molar refractivity (Wildman–Crippen MR) is 73.2 cm³/mol. The Hall–Kier alpha value is -1.89. The van der Waals surface area contributed by atoms with E-state index < -0.39 is 5.97 Å². The molecule has 19 heavy (non-hydrogen) atoms. The molecule has 2 N–H and O–H groups in total. The number of hydrogen-bond acceptors (Lipinski definition) is 6. The molecular weight excluding hydrogens is 264 g/mol. The zero-order valence-corrected chi connectivity index (χ0v) is 11.7. The highest BCUT2D eigenvalue weighted by Crippen LogP contribution is 2.17. The monoisotopic (exact) mass is 280 g/mol. The predicted octanol–water partition coefficient (Wildman–Crippen LogP) is 1.51. The van der Waals surface area contributed by atoms with Crippen LogP contribution in [0.2, 0.25) is 0 Å². The molecule has 0 spiro atoms. The zero-order valence-electron chi connectivity index (χ0n) is 10.9. The maximum Gasteiger partial charge on any atom is 0.360 e. The van der Waals surface area contributed by atoms with E-state index in [2.05, 4.69) is 14.7 Å². The molecule has 0 aliphatic carbocycles. The third kappa shape index (κ3) is 2.76. The van der Waals surface area contributed by atoms with Crippen LogP contribution in [0.25, 0.3) is 0 Å². The number of nitrogen functional groups attached to an aromatic ring is 1. The molecule has 0 saturated heterocycles. The van der Waals surface area contributed by atoms with Crippen LogP contribution in [0.5, 0.6) is 0 Å². The number of nitrogens with two attached hydrogens (primary N) is 1. The zero-order chi connectivity index (χ0) is 13.8. The number of ether oxygens (including phenoxy) is 1. The Kier molecular flexibility index (Phi) is 4.16. The molecule has 0 amide bonds. The van der Waals surface area contributed by atoms with Crippen LogP contribution in [0.4, 0.5) is 5.82 Å². The highest BCUT2D eigenvalue weighted by molar-refractivity contribution is 7.07. The third-order valence-electron chi connectivity index (χ3n) is 2.86. The van der Waals surface area contributed by atoms with Crippen LogP contribution in [-0.4, -0.2) is 27.6 Å². The van der Waals surface area contributed by atoms with Crippen molar-refractivity contribution in [3.05, 3.63) is 28.1 Å². The SMILES string of the molecule is CCc1nc(C(=O)OC)c(N)n1CCc1cscn1. The third-order valence-corrected chi connectivity index (χ3v) is 3.49. The van der Waals surface area contributed by atoms with Crippen LogP contribution in [-0.2, 0) is 24.1 Å². The van der Waals surface area contributed by atoms with Crippen LogP contribution in [0.3, 0.4) is 0 Å². The minimum Gasteiger partial charge on any atom is -0.464 e. The van der Waals surface area contributed by atoms with E-state index in [1.165, 1.54) is 7.11 Å². The van der Waals surface area contributed by atoms with E-state index >= 15 is 0 Å². The van der Waals surface area contributed by atoms with E-state index in [1.807, 2.05) is 16.9 Å². The number of thiazole rings is 1. The molecule has 2 aromatic rings. The molecule has 0 radical (unpaired) electrons. The second-order valence-electron chi connectivity index (χ2n) is 3.99. The number of nitrogens with zero attached hydrogens (tertiary/aromatic N) is 3. The lowest BCUT2D eigenvalue weighted by Crippen LogP contribution is -2.10. The van der Waals surface area contributed by atoms with Gasteiger partial charge in [-0.05, 0) is 0 Å². The van der Waals surface area contributed by atoms with Crippen molar-refractivity contribution < 1.29 is 9.53 Å². The highest BCUT2D eigenvalue weighted by Gasteiger charge is 2.20. The summed E-state index contributed by atoms with van der Waals surface area (Å²) in [6.07, 6.45) is 1.47. The Bertz CT molecular complexity index is 563. The number of hydrogen-bond donors (Lipinski definition) is 1. The Morgan fingerprint density at radius 3 is 2.95 bits per heavy atom. The second kappa shape index (κ2) is 5.83. The van der Waals surface area contributed by atoms with Gasteiger partial charge in [-0.15, -0.1) is 11.3 Å². The van der Waals surface area contributed by atoms with Crippen LogP contribution in [0.1, 0.15) is 28.9 Å². The molecular formula is C12H16N4O2S. The van der Waals surface area contributed by atoms with E-state index in [9.17, 15) is 4.79 Å². The molecule has 7 heteroatoms. The summed E-state index contributed by atoms with van der Waals surface area (Å²) in [7, 11) is 1.32. The van der Waals surface area contributed by atoms with Crippen LogP contribution >= 0.6 is 11.3 Å². The molecule has 0 atom stereocenters. The Morgan fingerprint density at radius 2 is 2.37 bits per heavy atom. The van der Waals surface area contributed by atoms with Crippen LogP contribution in [0, 0.1) is 0 Å². The maximum atomic E-state index is 11.6. The molecule has 0 saturated carbocycles. The molecule has 0 unspecified atom stereocenters. The standard InChI is InChI=1S/C12H16N4O2S/c1-3-9-15-10(12(17)18-2)11(13)16(9)5-4-8-6-19-7-14-8/h6-7H,3-5,13H2,1-2H3. The van der Waals surface area contributed by atoms with Crippen molar-refractivity contribution in [2.24, 2.45) is 0 Å². The van der Waals surface area contributed by atoms with Crippen LogP contribution < -0.4 is 5.73 Å². The van der Waals surface area contributed by atoms with Crippen molar-refractivity contribution in [2.75, 3.05) is 12.8 Å². The van der Waals surface area contributed by atoms with Gasteiger partial charge in [0.15, 0.2) is 5.69 Å². The first-order chi connectivity index (χ1) is 9.17. The van der Waals surface area contributed by atoms with Gasteiger partial charge in [0.2, 0.25) is 0 Å². The molecule has 0 fully saturated rings. The molecule has 0 aromatic carbocycles. The summed E-state index contributed by atoms with van der Waals surface area (Å²) in [4.78, 5) is 20.0. The fourth-order valence-corrected chi connectivity index (χ4v) is 2.46. The largest absolute Gasteiger partial charge is 0.464 e. The Morgan fingerprint density at radius 1 is 1.58 bits per heavy atom. The average Bonchev–Trinajstić information content (AvgIpc) is 3.03. The van der Waals surface area contributed by atoms with Crippen molar-refractivity contribution in [3.8, 4) is 0 Å². The van der Waals surface area contributed by atoms with Gasteiger partial charge in [0.1, 0.15) is 11.6 Å². The summed E-state index contributed by atoms with van der Waals surface area (Å²) in [6.45, 7) is 2.63. The van der Waals surface area contributed by atoms with Gasteiger partial charge in [-0.1, -0.05) is 6.92 Å². The van der Waals surface area contributed by atoms with Gasteiger partial charge in [-0.25, -0.2) is 14.8 Å². The van der Waals surface area contributed by atoms with E-state index in [0.717, 1.165) is 17.9 Å². The number of carbonyl (C=O) groups excluding carboxylic acids is 1. The summed E-state index contributed by atoms with van der Waals surface area (Å²) >= 11 is 1.56. The average molecular weight is 280 g/mol. The minimum absolute atomic E-state index is 0.192. The van der Waals surface area contributed by atoms with Crippen molar-refractivity contribution in [1.29, 1.82) is 0 Å². The first-order valence-electron chi connectivity index (χ1n) is 5.97. The molecule has 2 aromatic heterocycles. The first-order valence-corrected chi connectivity index (χ1v) is 6.91. The Balaban J connectivity index is 2.23. The fraction of sp³-hybridized carbons (Fsp3) is 0.417. The number of esters is 1. The highest BCUT2D eigenvalue weighted by atomic mass is 32.1. The van der Waals surface area contributed by atoms with E-state index in [1.54, 1.807) is 16.8 Å². The summed E-state index contributed by atoms with van der Waals surface area (Å²) in [6, 6.07) is 0. The van der Waals surface area contributed by atoms with Crippen molar-refractivity contribution in [3.63, 3.8) is 0 Å². The number of imidazole rings is 1. The van der Waals surface area contributed by atoms with Gasteiger partial charge in [0.05, 0.1) is 18.3 Å². The Labute approximate surface area is 115 Å². The molecule has 2 heterocycles. The number of carbonyl (C=O) groups is 1. The van der Waals surface area contributed by atoms with Gasteiger partial charge in [0.25, 0.3) is 0 Å². The van der Waals surface area contributed by atoms with Crippen molar-refractivity contribution >= 4 is 23.1 Å². The topological polar surface area (TPSA) is 83.0 Å². The molecule has 0 bridgehead atoms. The summed E-state index contributed by atoms with van der Waals surface area (Å²) in [5, 5.41) is 2.00. The van der Waals surface area contributed by atoms with Gasteiger partial charge >= 0.3 is 5.97 Å². The number of rotatable bonds is 5. The molecule has 2 rings (SSSR count). The quantitative estimate of drug-likeness (QED) is 0.839. The molecule has 6 nitrogen and oxygen atoms in total. The maximum absolute atomic E-state index is 11.6. The number of aryl methyl sites for hydroxylation is 2.